The van der Waals surface area contributed by atoms with Crippen LogP contribution in [-0.4, -0.2) is 22.1 Å². The first kappa shape index (κ1) is 21.2. The summed E-state index contributed by atoms with van der Waals surface area (Å²) in [4.78, 5) is 22.6. The largest absolute Gasteiger partial charge is 0.462 e. The molecule has 1 aliphatic rings. The quantitative estimate of drug-likeness (QED) is 0.198. The molecule has 0 bridgehead atoms. The Balaban J connectivity index is 1.18. The molecule has 0 amide bonds. The number of rotatable bonds is 6. The Kier molecular flexibility index (Phi) is 5.82. The molecule has 1 aliphatic carbocycles. The van der Waals surface area contributed by atoms with Gasteiger partial charge in [-0.05, 0) is 61.8 Å². The number of aromatic nitrogens is 1. The van der Waals surface area contributed by atoms with E-state index in [0.29, 0.717) is 24.0 Å². The lowest BCUT2D eigenvalue weighted by atomic mass is 9.82. The number of nitro benzene ring substituents is 1. The maximum absolute atomic E-state index is 12.3. The lowest BCUT2D eigenvalue weighted by Gasteiger charge is -2.29. The zero-order chi connectivity index (χ0) is 22.8. The highest BCUT2D eigenvalue weighted by Gasteiger charge is 2.24. The number of carbonyl (C=O) groups is 1. The van der Waals surface area contributed by atoms with Gasteiger partial charge in [0, 0.05) is 40.5 Å². The first-order chi connectivity index (χ1) is 16.1. The van der Waals surface area contributed by atoms with Crippen molar-refractivity contribution in [3.63, 3.8) is 0 Å². The minimum Gasteiger partial charge on any atom is -0.462 e. The van der Waals surface area contributed by atoms with E-state index < -0.39 is 10.9 Å². The van der Waals surface area contributed by atoms with Gasteiger partial charge in [-0.25, -0.2) is 4.79 Å². The second-order valence-electron chi connectivity index (χ2n) is 8.93. The van der Waals surface area contributed by atoms with Crippen LogP contribution in [0.2, 0.25) is 0 Å². The number of hydrogen-bond acceptors (Lipinski definition) is 4. The number of benzene rings is 3. The lowest BCUT2D eigenvalue weighted by Crippen LogP contribution is -2.23. The third-order valence-corrected chi connectivity index (χ3v) is 6.85. The summed E-state index contributed by atoms with van der Waals surface area (Å²) in [6.45, 7) is 1.40. The molecule has 0 radical (unpaired) electrons. The van der Waals surface area contributed by atoms with Crippen LogP contribution in [0.5, 0.6) is 0 Å². The summed E-state index contributed by atoms with van der Waals surface area (Å²) in [7, 11) is 0. The van der Waals surface area contributed by atoms with E-state index in [0.717, 1.165) is 32.2 Å². The molecule has 0 spiro atoms. The van der Waals surface area contributed by atoms with Crippen molar-refractivity contribution in [2.75, 3.05) is 6.61 Å². The van der Waals surface area contributed by atoms with Gasteiger partial charge >= 0.3 is 5.97 Å². The van der Waals surface area contributed by atoms with E-state index in [2.05, 4.69) is 53.1 Å². The first-order valence-corrected chi connectivity index (χ1v) is 11.5. The van der Waals surface area contributed by atoms with Crippen LogP contribution in [0.1, 0.15) is 36.0 Å². The number of nitrogens with zero attached hydrogens (tertiary/aromatic N) is 2. The standard InChI is InChI=1S/C27H26N2O4/c30-27(21-13-15-22(16-14-21)29(31)32)33-18-20-11-9-19(10-12-20)17-28-25-7-3-1-5-23(25)24-6-2-4-8-26(24)28/h1-8,13-16,19-20H,9-12,17-18H2. The van der Waals surface area contributed by atoms with Crippen LogP contribution < -0.4 is 0 Å². The number of carbonyl (C=O) groups excluding carboxylic acids is 1. The maximum atomic E-state index is 12.3. The number of non-ortho nitro benzene ring substituents is 1. The number of hydrogen-bond donors (Lipinski definition) is 0. The fourth-order valence-corrected chi connectivity index (χ4v) is 5.04. The number of nitro groups is 1. The van der Waals surface area contributed by atoms with Gasteiger partial charge in [0.1, 0.15) is 0 Å². The molecule has 4 aromatic rings. The van der Waals surface area contributed by atoms with Gasteiger partial charge in [-0.15, -0.1) is 0 Å². The van der Waals surface area contributed by atoms with Crippen molar-refractivity contribution < 1.29 is 14.5 Å². The van der Waals surface area contributed by atoms with Gasteiger partial charge in [-0.3, -0.25) is 10.1 Å². The van der Waals surface area contributed by atoms with Crippen LogP contribution in [0.3, 0.4) is 0 Å². The van der Waals surface area contributed by atoms with E-state index in [1.165, 1.54) is 46.1 Å². The van der Waals surface area contributed by atoms with Crippen molar-refractivity contribution in [3.8, 4) is 0 Å². The maximum Gasteiger partial charge on any atom is 0.338 e. The second-order valence-corrected chi connectivity index (χ2v) is 8.93. The smallest absolute Gasteiger partial charge is 0.338 e. The Hall–Kier alpha value is -3.67. The average molecular weight is 443 g/mol. The zero-order valence-corrected chi connectivity index (χ0v) is 18.4. The van der Waals surface area contributed by atoms with Crippen LogP contribution in [-0.2, 0) is 11.3 Å². The zero-order valence-electron chi connectivity index (χ0n) is 18.4. The number of para-hydroxylation sites is 2. The summed E-state index contributed by atoms with van der Waals surface area (Å²) >= 11 is 0. The van der Waals surface area contributed by atoms with Crippen LogP contribution in [0, 0.1) is 22.0 Å². The van der Waals surface area contributed by atoms with Crippen LogP contribution in [0.4, 0.5) is 5.69 Å². The summed E-state index contributed by atoms with van der Waals surface area (Å²) in [6, 6.07) is 22.8. The SMILES string of the molecule is O=C(OCC1CCC(Cn2c3ccccc3c3ccccc32)CC1)c1ccc([N+](=O)[O-])cc1. The van der Waals surface area contributed by atoms with Crippen molar-refractivity contribution in [2.24, 2.45) is 11.8 Å². The van der Waals surface area contributed by atoms with Gasteiger partial charge in [0.25, 0.3) is 5.69 Å². The highest BCUT2D eigenvalue weighted by atomic mass is 16.6. The van der Waals surface area contributed by atoms with E-state index in [-0.39, 0.29) is 5.69 Å². The molecule has 0 atom stereocenters. The van der Waals surface area contributed by atoms with Crippen LogP contribution in [0.15, 0.2) is 72.8 Å². The minimum atomic E-state index is -0.479. The molecule has 1 aromatic heterocycles. The Morgan fingerprint density at radius 1 is 0.848 bits per heavy atom. The topological polar surface area (TPSA) is 74.4 Å². The highest BCUT2D eigenvalue weighted by molar-refractivity contribution is 6.07. The van der Waals surface area contributed by atoms with Crippen molar-refractivity contribution in [1.82, 2.24) is 4.57 Å². The summed E-state index contributed by atoms with van der Waals surface area (Å²) in [5.41, 5.74) is 2.89. The molecule has 1 fully saturated rings. The third kappa shape index (κ3) is 4.33. The molecule has 1 saturated carbocycles. The molecule has 0 unspecified atom stereocenters. The molecule has 6 nitrogen and oxygen atoms in total. The van der Waals surface area contributed by atoms with Gasteiger partial charge in [0.15, 0.2) is 0 Å². The average Bonchev–Trinajstić information content (AvgIpc) is 3.17. The Morgan fingerprint density at radius 2 is 1.39 bits per heavy atom. The Morgan fingerprint density at radius 3 is 1.97 bits per heavy atom. The van der Waals surface area contributed by atoms with Crippen molar-refractivity contribution >= 4 is 33.5 Å². The molecular weight excluding hydrogens is 416 g/mol. The molecule has 0 saturated heterocycles. The van der Waals surface area contributed by atoms with E-state index >= 15 is 0 Å². The van der Waals surface area contributed by atoms with Gasteiger partial charge in [-0.2, -0.15) is 0 Å². The third-order valence-electron chi connectivity index (χ3n) is 6.85. The predicted molar refractivity (Wildman–Crippen MR) is 128 cm³/mol. The first-order valence-electron chi connectivity index (χ1n) is 11.5. The molecular formula is C27H26N2O4. The predicted octanol–water partition coefficient (Wildman–Crippen LogP) is 6.37. The second kappa shape index (κ2) is 9.06. The fourth-order valence-electron chi connectivity index (χ4n) is 5.04. The summed E-state index contributed by atoms with van der Waals surface area (Å²) < 4.78 is 7.97. The Bertz CT molecular complexity index is 1250. The molecule has 0 aliphatic heterocycles. The molecule has 1 heterocycles. The highest BCUT2D eigenvalue weighted by Crippen LogP contribution is 2.34. The van der Waals surface area contributed by atoms with Crippen molar-refractivity contribution in [3.05, 3.63) is 88.5 Å². The molecule has 0 N–H and O–H groups in total. The molecule has 6 heteroatoms. The van der Waals surface area contributed by atoms with E-state index in [1.54, 1.807) is 0 Å². The fraction of sp³-hybridized carbons (Fsp3) is 0.296. The normalized spacial score (nSPS) is 18.4. The van der Waals surface area contributed by atoms with Crippen molar-refractivity contribution in [1.29, 1.82) is 0 Å². The molecule has 33 heavy (non-hydrogen) atoms. The molecule has 168 valence electrons. The van der Waals surface area contributed by atoms with E-state index in [9.17, 15) is 14.9 Å². The molecule has 3 aromatic carbocycles. The lowest BCUT2D eigenvalue weighted by molar-refractivity contribution is -0.384. The van der Waals surface area contributed by atoms with Gasteiger partial charge in [-0.1, -0.05) is 36.4 Å². The number of ether oxygens (including phenoxy) is 1. The summed E-state index contributed by atoms with van der Waals surface area (Å²) in [6.07, 6.45) is 4.30. The summed E-state index contributed by atoms with van der Waals surface area (Å²) in [5, 5.41) is 13.4. The van der Waals surface area contributed by atoms with Crippen LogP contribution >= 0.6 is 0 Å². The van der Waals surface area contributed by atoms with E-state index in [1.807, 2.05) is 0 Å². The number of fused-ring (bicyclic) bond motifs is 3. The Labute approximate surface area is 191 Å². The van der Waals surface area contributed by atoms with Gasteiger partial charge in [0.2, 0.25) is 0 Å². The van der Waals surface area contributed by atoms with E-state index in [4.69, 9.17) is 4.74 Å². The van der Waals surface area contributed by atoms with Crippen molar-refractivity contribution in [2.45, 2.75) is 32.2 Å². The van der Waals surface area contributed by atoms with Gasteiger partial charge < -0.3 is 9.30 Å². The van der Waals surface area contributed by atoms with Crippen LogP contribution in [0.25, 0.3) is 21.8 Å². The minimum absolute atomic E-state index is 0.0341. The monoisotopic (exact) mass is 442 g/mol. The summed E-state index contributed by atoms with van der Waals surface area (Å²) in [5.74, 6) is 0.546. The number of esters is 1. The molecule has 5 rings (SSSR count). The van der Waals surface area contributed by atoms with Gasteiger partial charge in [0.05, 0.1) is 17.1 Å².